The first-order valence-corrected chi connectivity index (χ1v) is 5.39. The minimum absolute atomic E-state index is 0.0579. The molecule has 1 rings (SSSR count). The predicted molar refractivity (Wildman–Crippen MR) is 66.3 cm³/mol. The average molecular weight is 224 g/mol. The zero-order chi connectivity index (χ0) is 11.3. The van der Waals surface area contributed by atoms with E-state index in [0.29, 0.717) is 5.56 Å². The van der Waals surface area contributed by atoms with Crippen molar-refractivity contribution in [2.24, 2.45) is 0 Å². The van der Waals surface area contributed by atoms with Crippen LogP contribution in [-0.4, -0.2) is 24.4 Å². The molecule has 1 amide bonds. The maximum atomic E-state index is 11.8. The number of hydrogen-bond acceptors (Lipinski definition) is 3. The summed E-state index contributed by atoms with van der Waals surface area (Å²) in [5.41, 5.74) is 1.59. The number of carbonyl (C=O) groups excluding carboxylic acids is 1. The predicted octanol–water partition coefficient (Wildman–Crippen LogP) is 2.43. The number of benzene rings is 1. The maximum absolute atomic E-state index is 11.8. The lowest BCUT2D eigenvalue weighted by atomic mass is 10.2. The third-order valence-electron chi connectivity index (χ3n) is 2.17. The number of anilines is 1. The highest BCUT2D eigenvalue weighted by atomic mass is 32.1. The lowest BCUT2D eigenvalue weighted by Crippen LogP contribution is -2.27. The normalized spacial score (nSPS) is 9.80. The third kappa shape index (κ3) is 3.16. The number of amides is 1. The second kappa shape index (κ2) is 5.66. The molecule has 0 aliphatic carbocycles. The first kappa shape index (κ1) is 11.9. The number of hydrogen-bond donors (Lipinski definition) is 2. The van der Waals surface area contributed by atoms with E-state index >= 15 is 0 Å². The monoisotopic (exact) mass is 224 g/mol. The van der Waals surface area contributed by atoms with Crippen molar-refractivity contribution in [2.75, 3.05) is 18.3 Å². The summed E-state index contributed by atoms with van der Waals surface area (Å²) < 4.78 is 2.72. The number of carbonyl (C=O) groups is 1. The van der Waals surface area contributed by atoms with Crippen LogP contribution < -0.4 is 4.72 Å². The summed E-state index contributed by atoms with van der Waals surface area (Å²) in [5, 5.41) is 0. The van der Waals surface area contributed by atoms with Crippen LogP contribution >= 0.6 is 12.8 Å². The van der Waals surface area contributed by atoms with Crippen molar-refractivity contribution >= 4 is 24.4 Å². The van der Waals surface area contributed by atoms with Crippen molar-refractivity contribution in [3.63, 3.8) is 0 Å². The lowest BCUT2D eigenvalue weighted by Gasteiger charge is -2.16. The van der Waals surface area contributed by atoms with Crippen LogP contribution in [0.4, 0.5) is 5.69 Å². The van der Waals surface area contributed by atoms with Crippen molar-refractivity contribution in [2.45, 2.75) is 13.3 Å². The lowest BCUT2D eigenvalue weighted by molar-refractivity contribution is 0.0795. The van der Waals surface area contributed by atoms with Crippen LogP contribution in [0.5, 0.6) is 0 Å². The Kier molecular flexibility index (Phi) is 4.49. The van der Waals surface area contributed by atoms with Crippen molar-refractivity contribution in [3.8, 4) is 0 Å². The first-order valence-electron chi connectivity index (χ1n) is 4.94. The van der Waals surface area contributed by atoms with Crippen molar-refractivity contribution in [1.29, 1.82) is 0 Å². The molecule has 0 spiro atoms. The summed E-state index contributed by atoms with van der Waals surface area (Å²) in [6, 6.07) is 7.26. The second-order valence-corrected chi connectivity index (χ2v) is 3.64. The van der Waals surface area contributed by atoms with Gasteiger partial charge in [-0.2, -0.15) is 0 Å². The smallest absolute Gasteiger partial charge is 0.253 e. The van der Waals surface area contributed by atoms with E-state index < -0.39 is 0 Å². The van der Waals surface area contributed by atoms with E-state index in [4.69, 9.17) is 0 Å². The van der Waals surface area contributed by atoms with Gasteiger partial charge in [-0.15, -0.1) is 0 Å². The van der Waals surface area contributed by atoms with Gasteiger partial charge in [0.1, 0.15) is 0 Å². The highest BCUT2D eigenvalue weighted by Gasteiger charge is 2.09. The van der Waals surface area contributed by atoms with Crippen molar-refractivity contribution in [3.05, 3.63) is 29.8 Å². The average Bonchev–Trinajstić information content (AvgIpc) is 2.28. The molecule has 0 aromatic heterocycles. The molecule has 1 aromatic carbocycles. The minimum atomic E-state index is 0.0579. The van der Waals surface area contributed by atoms with Gasteiger partial charge in [-0.3, -0.25) is 4.79 Å². The zero-order valence-corrected chi connectivity index (χ0v) is 9.92. The molecule has 15 heavy (non-hydrogen) atoms. The van der Waals surface area contributed by atoms with Crippen LogP contribution in [0, 0.1) is 0 Å². The molecule has 0 heterocycles. The molecule has 1 N–H and O–H groups in total. The van der Waals surface area contributed by atoms with E-state index in [9.17, 15) is 4.79 Å². The maximum Gasteiger partial charge on any atom is 0.253 e. The Morgan fingerprint density at radius 2 is 2.00 bits per heavy atom. The number of nitrogens with zero attached hydrogens (tertiary/aromatic N) is 1. The topological polar surface area (TPSA) is 32.3 Å². The molecule has 4 heteroatoms. The Balaban J connectivity index is 2.73. The second-order valence-electron chi connectivity index (χ2n) is 3.42. The summed E-state index contributed by atoms with van der Waals surface area (Å²) in [4.78, 5) is 13.5. The number of nitrogens with one attached hydrogen (secondary N) is 1. The molecular formula is C11H16N2OS. The number of thiol groups is 1. The number of rotatable bonds is 4. The van der Waals surface area contributed by atoms with Crippen molar-refractivity contribution in [1.82, 2.24) is 4.90 Å². The van der Waals surface area contributed by atoms with Gasteiger partial charge in [0, 0.05) is 24.8 Å². The summed E-state index contributed by atoms with van der Waals surface area (Å²) in [6.07, 6.45) is 0.971. The van der Waals surface area contributed by atoms with Gasteiger partial charge in [-0.05, 0) is 30.7 Å². The molecule has 0 aliphatic rings. The van der Waals surface area contributed by atoms with Gasteiger partial charge in [-0.25, -0.2) is 0 Å². The molecule has 1 aromatic rings. The Bertz CT molecular complexity index is 324. The van der Waals surface area contributed by atoms with E-state index in [-0.39, 0.29) is 5.91 Å². The summed E-state index contributed by atoms with van der Waals surface area (Å²) in [6.45, 7) is 2.84. The summed E-state index contributed by atoms with van der Waals surface area (Å²) >= 11 is 3.92. The molecular weight excluding hydrogens is 208 g/mol. The van der Waals surface area contributed by atoms with Gasteiger partial charge in [0.05, 0.1) is 0 Å². The first-order chi connectivity index (χ1) is 7.19. The van der Waals surface area contributed by atoms with Gasteiger partial charge >= 0.3 is 0 Å². The van der Waals surface area contributed by atoms with Gasteiger partial charge in [0.2, 0.25) is 0 Å². The standard InChI is InChI=1S/C11H16N2OS/c1-3-8-13(2)11(14)9-4-6-10(12-15)7-5-9/h4-7,12,15H,3,8H2,1-2H3. The fourth-order valence-electron chi connectivity index (χ4n) is 1.34. The highest BCUT2D eigenvalue weighted by Crippen LogP contribution is 2.11. The van der Waals surface area contributed by atoms with Gasteiger partial charge in [-0.1, -0.05) is 19.7 Å². The van der Waals surface area contributed by atoms with E-state index in [2.05, 4.69) is 24.5 Å². The highest BCUT2D eigenvalue weighted by molar-refractivity contribution is 7.81. The van der Waals surface area contributed by atoms with E-state index in [1.165, 1.54) is 0 Å². The SMILES string of the molecule is CCCN(C)C(=O)c1ccc(NS)cc1. The molecule has 0 saturated carbocycles. The van der Waals surface area contributed by atoms with E-state index in [0.717, 1.165) is 18.7 Å². The van der Waals surface area contributed by atoms with Gasteiger partial charge < -0.3 is 9.62 Å². The molecule has 0 atom stereocenters. The van der Waals surface area contributed by atoms with Crippen LogP contribution in [0.15, 0.2) is 24.3 Å². The third-order valence-corrected chi connectivity index (χ3v) is 2.42. The molecule has 3 nitrogen and oxygen atoms in total. The molecule has 0 unspecified atom stereocenters. The molecule has 0 fully saturated rings. The van der Waals surface area contributed by atoms with E-state index in [1.807, 2.05) is 19.2 Å². The zero-order valence-electron chi connectivity index (χ0n) is 9.03. The van der Waals surface area contributed by atoms with Gasteiger partial charge in [0.25, 0.3) is 5.91 Å². The Hall–Kier alpha value is -1.16. The van der Waals surface area contributed by atoms with Crippen LogP contribution in [0.2, 0.25) is 0 Å². The minimum Gasteiger partial charge on any atom is -0.342 e. The fraction of sp³-hybridized carbons (Fsp3) is 0.364. The Morgan fingerprint density at radius 3 is 2.47 bits per heavy atom. The molecule has 0 radical (unpaired) electrons. The van der Waals surface area contributed by atoms with Gasteiger partial charge in [0.15, 0.2) is 0 Å². The van der Waals surface area contributed by atoms with Crippen LogP contribution in [-0.2, 0) is 0 Å². The summed E-state index contributed by atoms with van der Waals surface area (Å²) in [5.74, 6) is 0.0579. The molecule has 0 aliphatic heterocycles. The Labute approximate surface area is 96.0 Å². The molecule has 0 saturated heterocycles. The van der Waals surface area contributed by atoms with Crippen molar-refractivity contribution < 1.29 is 4.79 Å². The van der Waals surface area contributed by atoms with Crippen LogP contribution in [0.25, 0.3) is 0 Å². The molecule has 82 valence electrons. The van der Waals surface area contributed by atoms with E-state index in [1.54, 1.807) is 17.0 Å². The quantitative estimate of drug-likeness (QED) is 0.770. The van der Waals surface area contributed by atoms with Crippen LogP contribution in [0.3, 0.4) is 0 Å². The molecule has 0 bridgehead atoms. The Morgan fingerprint density at radius 1 is 1.40 bits per heavy atom. The largest absolute Gasteiger partial charge is 0.342 e. The van der Waals surface area contributed by atoms with Crippen LogP contribution in [0.1, 0.15) is 23.7 Å². The fourth-order valence-corrected chi connectivity index (χ4v) is 1.49. The summed E-state index contributed by atoms with van der Waals surface area (Å²) in [7, 11) is 1.82.